The summed E-state index contributed by atoms with van der Waals surface area (Å²) in [4.78, 5) is 20.4. The summed E-state index contributed by atoms with van der Waals surface area (Å²) >= 11 is 6.27. The summed E-state index contributed by atoms with van der Waals surface area (Å²) in [6, 6.07) is 14.9. The predicted molar refractivity (Wildman–Crippen MR) is 144 cm³/mol. The monoisotopic (exact) mass is 522 g/mol. The number of anilines is 1. The van der Waals surface area contributed by atoms with Crippen LogP contribution in [0.2, 0.25) is 5.02 Å². The summed E-state index contributed by atoms with van der Waals surface area (Å²) in [6.07, 6.45) is 6.16. The van der Waals surface area contributed by atoms with Crippen LogP contribution < -0.4 is 10.5 Å². The van der Waals surface area contributed by atoms with Gasteiger partial charge in [0.05, 0.1) is 5.02 Å². The van der Waals surface area contributed by atoms with Gasteiger partial charge in [0, 0.05) is 36.0 Å². The van der Waals surface area contributed by atoms with Gasteiger partial charge in [0.2, 0.25) is 6.41 Å². The average molecular weight is 523 g/mol. The third-order valence-corrected chi connectivity index (χ3v) is 8.15. The van der Waals surface area contributed by atoms with Crippen LogP contribution in [0.15, 0.2) is 54.7 Å². The lowest BCUT2D eigenvalue weighted by Gasteiger charge is -2.48. The molecule has 2 fully saturated rings. The number of likely N-dealkylation sites (tertiary alicyclic amines) is 2. The van der Waals surface area contributed by atoms with Crippen molar-refractivity contribution in [2.45, 2.75) is 44.2 Å². The first-order chi connectivity index (χ1) is 17.9. The van der Waals surface area contributed by atoms with Crippen molar-refractivity contribution >= 4 is 23.8 Å². The molecule has 2 aliphatic heterocycles. The van der Waals surface area contributed by atoms with Crippen LogP contribution in [-0.4, -0.2) is 47.4 Å². The largest absolute Gasteiger partial charge is 0.482 e. The van der Waals surface area contributed by atoms with E-state index in [1.54, 1.807) is 25.3 Å². The van der Waals surface area contributed by atoms with E-state index >= 15 is 0 Å². The Labute approximate surface area is 222 Å². The number of halogens is 2. The molecule has 37 heavy (non-hydrogen) atoms. The van der Waals surface area contributed by atoms with Crippen molar-refractivity contribution in [3.63, 3.8) is 0 Å². The third-order valence-electron chi connectivity index (χ3n) is 7.82. The first kappa shape index (κ1) is 25.5. The van der Waals surface area contributed by atoms with Gasteiger partial charge in [-0.15, -0.1) is 0 Å². The average Bonchev–Trinajstić information content (AvgIpc) is 3.46. The number of carbonyl (C=O) groups is 1. The molecule has 1 amide bonds. The summed E-state index contributed by atoms with van der Waals surface area (Å²) in [5.41, 5.74) is 9.48. The molecule has 0 saturated carbocycles. The third kappa shape index (κ3) is 4.90. The fraction of sp³-hybridized carbons (Fsp3) is 0.379. The molecule has 8 heteroatoms. The Morgan fingerprint density at radius 2 is 1.84 bits per heavy atom. The second-order valence-corrected chi connectivity index (χ2v) is 10.3. The van der Waals surface area contributed by atoms with Crippen LogP contribution in [0.4, 0.5) is 10.2 Å². The second kappa shape index (κ2) is 10.7. The molecule has 0 radical (unpaired) electrons. The van der Waals surface area contributed by atoms with Gasteiger partial charge in [-0.2, -0.15) is 0 Å². The Morgan fingerprint density at radius 3 is 2.54 bits per heavy atom. The van der Waals surface area contributed by atoms with Crippen molar-refractivity contribution in [1.29, 1.82) is 0 Å². The smallest absolute Gasteiger partial charge is 0.209 e. The second-order valence-electron chi connectivity index (χ2n) is 9.92. The molecule has 0 bridgehead atoms. The van der Waals surface area contributed by atoms with Crippen molar-refractivity contribution in [3.8, 4) is 16.9 Å². The molecule has 1 unspecified atom stereocenters. The molecule has 3 heterocycles. The van der Waals surface area contributed by atoms with Crippen molar-refractivity contribution in [2.24, 2.45) is 0 Å². The SMILES string of the molecule is CC(Oc1cc(-c2ccccc2C2(N3CCCC3)CCN(C=O)CC2)cnc1N)c1c(F)cccc1Cl. The van der Waals surface area contributed by atoms with E-state index < -0.39 is 11.9 Å². The number of hydrogen-bond donors (Lipinski definition) is 1. The molecule has 6 nitrogen and oxygen atoms in total. The molecule has 194 valence electrons. The minimum absolute atomic E-state index is 0.164. The van der Waals surface area contributed by atoms with E-state index in [9.17, 15) is 9.18 Å². The highest BCUT2D eigenvalue weighted by Crippen LogP contribution is 2.45. The summed E-state index contributed by atoms with van der Waals surface area (Å²) in [5.74, 6) is 0.182. The van der Waals surface area contributed by atoms with Gasteiger partial charge in [-0.25, -0.2) is 9.37 Å². The molecule has 5 rings (SSSR count). The highest BCUT2D eigenvalue weighted by atomic mass is 35.5. The van der Waals surface area contributed by atoms with Crippen molar-refractivity contribution < 1.29 is 13.9 Å². The number of nitrogens with zero attached hydrogens (tertiary/aromatic N) is 3. The van der Waals surface area contributed by atoms with Crippen molar-refractivity contribution in [1.82, 2.24) is 14.8 Å². The number of nitrogen functional groups attached to an aromatic ring is 1. The fourth-order valence-electron chi connectivity index (χ4n) is 5.89. The highest BCUT2D eigenvalue weighted by Gasteiger charge is 2.43. The minimum atomic E-state index is -0.660. The van der Waals surface area contributed by atoms with Gasteiger partial charge >= 0.3 is 0 Å². The first-order valence-corrected chi connectivity index (χ1v) is 13.2. The molecule has 1 atom stereocenters. The summed E-state index contributed by atoms with van der Waals surface area (Å²) in [6.45, 7) is 5.29. The van der Waals surface area contributed by atoms with E-state index in [1.807, 2.05) is 17.0 Å². The maximum atomic E-state index is 14.5. The number of ether oxygens (including phenoxy) is 1. The standard InChI is InChI=1S/C29H32ClFN4O2/c1-20(27-24(30)9-6-10-25(27)31)37-26-17-21(18-33-28(26)32)22-7-2-3-8-23(22)29(35-13-4-5-14-35)11-15-34(19-36)16-12-29/h2-3,6-10,17-20H,4-5,11-16H2,1H3,(H2,32,33). The fourth-order valence-corrected chi connectivity index (χ4v) is 6.20. The Balaban J connectivity index is 1.53. The van der Waals surface area contributed by atoms with E-state index in [2.05, 4.69) is 28.1 Å². The molecule has 1 aromatic heterocycles. The highest BCUT2D eigenvalue weighted by molar-refractivity contribution is 6.31. The number of carbonyl (C=O) groups excluding carboxylic acids is 1. The van der Waals surface area contributed by atoms with Crippen LogP contribution in [0.1, 0.15) is 49.8 Å². The zero-order valence-corrected chi connectivity index (χ0v) is 21.8. The Bertz CT molecular complexity index is 1250. The number of piperidine rings is 1. The maximum Gasteiger partial charge on any atom is 0.209 e. The normalized spacial score (nSPS) is 18.5. The quantitative estimate of drug-likeness (QED) is 0.397. The number of aromatic nitrogens is 1. The van der Waals surface area contributed by atoms with Crippen LogP contribution in [0.5, 0.6) is 5.75 Å². The lowest BCUT2D eigenvalue weighted by molar-refractivity contribution is -0.120. The van der Waals surface area contributed by atoms with Crippen LogP contribution >= 0.6 is 11.6 Å². The van der Waals surface area contributed by atoms with E-state index in [4.69, 9.17) is 22.1 Å². The van der Waals surface area contributed by atoms with Gasteiger partial charge in [-0.05, 0) is 75.0 Å². The number of amides is 1. The summed E-state index contributed by atoms with van der Waals surface area (Å²) < 4.78 is 20.6. The van der Waals surface area contributed by atoms with Gasteiger partial charge in [-0.3, -0.25) is 9.69 Å². The first-order valence-electron chi connectivity index (χ1n) is 12.8. The van der Waals surface area contributed by atoms with E-state index in [0.717, 1.165) is 56.6 Å². The van der Waals surface area contributed by atoms with E-state index in [1.165, 1.54) is 24.5 Å². The minimum Gasteiger partial charge on any atom is -0.482 e. The number of nitrogens with two attached hydrogens (primary N) is 1. The molecule has 0 aliphatic carbocycles. The molecular weight excluding hydrogens is 491 g/mol. The Morgan fingerprint density at radius 1 is 1.11 bits per heavy atom. The predicted octanol–water partition coefficient (Wildman–Crippen LogP) is 5.81. The summed E-state index contributed by atoms with van der Waals surface area (Å²) in [5, 5.41) is 0.301. The Hall–Kier alpha value is -3.16. The van der Waals surface area contributed by atoms with Crippen LogP contribution in [0.25, 0.3) is 11.1 Å². The molecule has 2 aliphatic rings. The Kier molecular flexibility index (Phi) is 7.36. The molecule has 2 N–H and O–H groups in total. The van der Waals surface area contributed by atoms with Crippen LogP contribution in [0, 0.1) is 5.82 Å². The molecule has 0 spiro atoms. The zero-order valence-electron chi connectivity index (χ0n) is 21.0. The van der Waals surface area contributed by atoms with Gasteiger partial charge in [0.1, 0.15) is 11.9 Å². The van der Waals surface area contributed by atoms with Gasteiger partial charge in [0.15, 0.2) is 11.6 Å². The number of pyridine rings is 1. The maximum absolute atomic E-state index is 14.5. The molecule has 2 saturated heterocycles. The van der Waals surface area contributed by atoms with Gasteiger partial charge < -0.3 is 15.4 Å². The number of rotatable bonds is 7. The van der Waals surface area contributed by atoms with Gasteiger partial charge in [0.25, 0.3) is 0 Å². The number of benzene rings is 2. The molecule has 3 aromatic rings. The molecule has 2 aromatic carbocycles. The lowest BCUT2D eigenvalue weighted by Crippen LogP contribution is -2.52. The molecular formula is C29H32ClFN4O2. The lowest BCUT2D eigenvalue weighted by atomic mass is 9.76. The number of hydrogen-bond acceptors (Lipinski definition) is 5. The summed E-state index contributed by atoms with van der Waals surface area (Å²) in [7, 11) is 0. The van der Waals surface area contributed by atoms with Crippen molar-refractivity contribution in [3.05, 3.63) is 76.7 Å². The van der Waals surface area contributed by atoms with Crippen molar-refractivity contribution in [2.75, 3.05) is 31.9 Å². The zero-order chi connectivity index (χ0) is 26.0. The van der Waals surface area contributed by atoms with E-state index in [-0.39, 0.29) is 16.9 Å². The topological polar surface area (TPSA) is 71.7 Å². The van der Waals surface area contributed by atoms with Crippen LogP contribution in [0.3, 0.4) is 0 Å². The van der Waals surface area contributed by atoms with Crippen LogP contribution in [-0.2, 0) is 10.3 Å². The van der Waals surface area contributed by atoms with Gasteiger partial charge in [-0.1, -0.05) is 41.9 Å². The van der Waals surface area contributed by atoms with E-state index in [0.29, 0.717) is 10.8 Å².